The van der Waals surface area contributed by atoms with Crippen molar-refractivity contribution in [2.45, 2.75) is 90.0 Å². The van der Waals surface area contributed by atoms with Crippen LogP contribution in [0.4, 0.5) is 0 Å². The molecule has 0 N–H and O–H groups in total. The molecule has 5 heteroatoms. The summed E-state index contributed by atoms with van der Waals surface area (Å²) in [4.78, 5) is 0. The molecule has 5 nitrogen and oxygen atoms in total. The molecule has 0 spiro atoms. The lowest BCUT2D eigenvalue weighted by Crippen LogP contribution is -2.52. The maximum Gasteiger partial charge on any atom is 0.187 e. The van der Waals surface area contributed by atoms with Crippen molar-refractivity contribution >= 4 is 0 Å². The number of ether oxygens (including phenoxy) is 5. The molecule has 5 atom stereocenters. The summed E-state index contributed by atoms with van der Waals surface area (Å²) < 4.78 is 29.6. The fourth-order valence-corrected chi connectivity index (χ4v) is 2.80. The van der Waals surface area contributed by atoms with Gasteiger partial charge in [0.1, 0.15) is 24.4 Å². The zero-order valence-electron chi connectivity index (χ0n) is 15.0. The molecule has 0 bridgehead atoms. The molecule has 0 aromatic carbocycles. The highest BCUT2D eigenvalue weighted by Gasteiger charge is 2.58. The normalized spacial score (nSPS) is 32.7. The van der Waals surface area contributed by atoms with E-state index in [1.54, 1.807) is 0 Å². The Balaban J connectivity index is 1.87. The van der Waals surface area contributed by atoms with Crippen molar-refractivity contribution < 1.29 is 23.7 Å². The van der Waals surface area contributed by atoms with Gasteiger partial charge in [-0.15, -0.1) is 0 Å². The number of hydrogen-bond donors (Lipinski definition) is 0. The lowest BCUT2D eigenvalue weighted by molar-refractivity contribution is -0.185. The fourth-order valence-electron chi connectivity index (χ4n) is 2.80. The van der Waals surface area contributed by atoms with Gasteiger partial charge in [-0.05, 0) is 19.3 Å². The predicted molar refractivity (Wildman–Crippen MR) is 88.6 cm³/mol. The van der Waals surface area contributed by atoms with Gasteiger partial charge < -0.3 is 23.7 Å². The first-order valence-electron chi connectivity index (χ1n) is 9.43. The van der Waals surface area contributed by atoms with Crippen LogP contribution in [0.5, 0.6) is 0 Å². The second kappa shape index (κ2) is 10.6. The van der Waals surface area contributed by atoms with Crippen molar-refractivity contribution in [3.8, 4) is 0 Å². The molecule has 0 aromatic heterocycles. The molecule has 2 aliphatic heterocycles. The van der Waals surface area contributed by atoms with Gasteiger partial charge in [0.15, 0.2) is 6.29 Å². The summed E-state index contributed by atoms with van der Waals surface area (Å²) in [6.45, 7) is 9.32. The monoisotopic (exact) mass is 330 g/mol. The van der Waals surface area contributed by atoms with E-state index in [0.29, 0.717) is 6.61 Å². The Morgan fingerprint density at radius 1 is 0.739 bits per heavy atom. The molecule has 0 aliphatic carbocycles. The third kappa shape index (κ3) is 5.98. The maximum atomic E-state index is 6.12. The van der Waals surface area contributed by atoms with Gasteiger partial charge in [-0.3, -0.25) is 0 Å². The molecule has 0 radical (unpaired) electrons. The SMILES string of the molecule is CCCCOC[C@H]1O[C@@H]2O[C@@H]2[C@@H](OCCCC)[C@@H]1OCCCC. The summed E-state index contributed by atoms with van der Waals surface area (Å²) >= 11 is 0. The van der Waals surface area contributed by atoms with E-state index in [2.05, 4.69) is 20.8 Å². The second-order valence-electron chi connectivity index (χ2n) is 6.45. The molecular weight excluding hydrogens is 296 g/mol. The summed E-state index contributed by atoms with van der Waals surface area (Å²) in [5, 5.41) is 0. The average Bonchev–Trinajstić information content (AvgIpc) is 3.32. The molecule has 0 unspecified atom stereocenters. The minimum absolute atomic E-state index is 0.0306. The number of unbranched alkanes of at least 4 members (excludes halogenated alkanes) is 3. The lowest BCUT2D eigenvalue weighted by Gasteiger charge is -2.35. The van der Waals surface area contributed by atoms with Gasteiger partial charge in [-0.25, -0.2) is 0 Å². The molecule has 2 saturated heterocycles. The quantitative estimate of drug-likeness (QED) is 0.383. The van der Waals surface area contributed by atoms with Crippen molar-refractivity contribution in [3.05, 3.63) is 0 Å². The average molecular weight is 330 g/mol. The summed E-state index contributed by atoms with van der Waals surface area (Å²) in [5.41, 5.74) is 0. The van der Waals surface area contributed by atoms with E-state index in [0.717, 1.165) is 58.3 Å². The Morgan fingerprint density at radius 3 is 2.00 bits per heavy atom. The van der Waals surface area contributed by atoms with E-state index in [9.17, 15) is 0 Å². The van der Waals surface area contributed by atoms with Crippen LogP contribution in [0.15, 0.2) is 0 Å². The first kappa shape index (κ1) is 19.1. The van der Waals surface area contributed by atoms with Crippen LogP contribution >= 0.6 is 0 Å². The first-order chi connectivity index (χ1) is 11.3. The number of hydrogen-bond acceptors (Lipinski definition) is 5. The number of rotatable bonds is 13. The predicted octanol–water partition coefficient (Wildman–Crippen LogP) is 3.30. The Morgan fingerprint density at radius 2 is 1.35 bits per heavy atom. The molecule has 0 saturated carbocycles. The highest BCUT2D eigenvalue weighted by atomic mass is 16.8. The molecular formula is C18H34O5. The van der Waals surface area contributed by atoms with Gasteiger partial charge >= 0.3 is 0 Å². The van der Waals surface area contributed by atoms with Crippen LogP contribution in [0.25, 0.3) is 0 Å². The third-order valence-corrected chi connectivity index (χ3v) is 4.35. The molecule has 0 amide bonds. The van der Waals surface area contributed by atoms with E-state index in [-0.39, 0.29) is 30.7 Å². The van der Waals surface area contributed by atoms with Gasteiger partial charge in [0.25, 0.3) is 0 Å². The minimum atomic E-state index is -0.132. The van der Waals surface area contributed by atoms with Crippen LogP contribution in [0.2, 0.25) is 0 Å². The topological polar surface area (TPSA) is 49.5 Å². The van der Waals surface area contributed by atoms with E-state index >= 15 is 0 Å². The van der Waals surface area contributed by atoms with Crippen LogP contribution < -0.4 is 0 Å². The summed E-state index contributed by atoms with van der Waals surface area (Å²) in [6, 6.07) is 0. The molecule has 2 heterocycles. The molecule has 23 heavy (non-hydrogen) atoms. The van der Waals surface area contributed by atoms with E-state index in [1.165, 1.54) is 0 Å². The lowest BCUT2D eigenvalue weighted by atomic mass is 10.0. The van der Waals surface area contributed by atoms with Crippen molar-refractivity contribution in [3.63, 3.8) is 0 Å². The van der Waals surface area contributed by atoms with Crippen LogP contribution in [-0.4, -0.2) is 57.1 Å². The van der Waals surface area contributed by atoms with Crippen LogP contribution in [-0.2, 0) is 23.7 Å². The highest BCUT2D eigenvalue weighted by Crippen LogP contribution is 2.39. The fraction of sp³-hybridized carbons (Fsp3) is 1.00. The summed E-state index contributed by atoms with van der Waals surface area (Å²) in [5.74, 6) is 0. The summed E-state index contributed by atoms with van der Waals surface area (Å²) in [7, 11) is 0. The Kier molecular flexibility index (Phi) is 8.83. The van der Waals surface area contributed by atoms with Gasteiger partial charge in [0.2, 0.25) is 0 Å². The first-order valence-corrected chi connectivity index (χ1v) is 9.43. The minimum Gasteiger partial charge on any atom is -0.379 e. The number of epoxide rings is 1. The largest absolute Gasteiger partial charge is 0.379 e. The zero-order chi connectivity index (χ0) is 16.5. The molecule has 2 fully saturated rings. The Bertz CT molecular complexity index is 312. The van der Waals surface area contributed by atoms with Crippen LogP contribution in [0, 0.1) is 0 Å². The van der Waals surface area contributed by atoms with Crippen LogP contribution in [0.1, 0.15) is 59.3 Å². The van der Waals surface area contributed by atoms with Gasteiger partial charge in [-0.1, -0.05) is 40.0 Å². The van der Waals surface area contributed by atoms with Gasteiger partial charge in [0, 0.05) is 19.8 Å². The van der Waals surface area contributed by atoms with E-state index in [4.69, 9.17) is 23.7 Å². The van der Waals surface area contributed by atoms with Crippen LogP contribution in [0.3, 0.4) is 0 Å². The smallest absolute Gasteiger partial charge is 0.187 e. The van der Waals surface area contributed by atoms with Crippen molar-refractivity contribution in [2.75, 3.05) is 26.4 Å². The van der Waals surface area contributed by atoms with Crippen molar-refractivity contribution in [2.24, 2.45) is 0 Å². The van der Waals surface area contributed by atoms with Crippen molar-refractivity contribution in [1.82, 2.24) is 0 Å². The van der Waals surface area contributed by atoms with E-state index in [1.807, 2.05) is 0 Å². The number of fused-ring (bicyclic) bond motifs is 1. The molecule has 136 valence electrons. The molecule has 2 rings (SSSR count). The zero-order valence-corrected chi connectivity index (χ0v) is 15.0. The van der Waals surface area contributed by atoms with Gasteiger partial charge in [-0.2, -0.15) is 0 Å². The van der Waals surface area contributed by atoms with E-state index < -0.39 is 0 Å². The standard InChI is InChI=1S/C18H34O5/c1-4-7-10-19-13-14-15(20-11-8-5-2)16(21-12-9-6-3)17-18(22-14)23-17/h14-18H,4-13H2,1-3H3/t14-,15-,16+,17-,18-/m1/s1. The Labute approximate surface area is 140 Å². The molecule has 2 aliphatic rings. The highest BCUT2D eigenvalue weighted by molar-refractivity contribution is 4.99. The summed E-state index contributed by atoms with van der Waals surface area (Å²) in [6.07, 6.45) is 6.26. The maximum absolute atomic E-state index is 6.12. The van der Waals surface area contributed by atoms with Crippen molar-refractivity contribution in [1.29, 1.82) is 0 Å². The third-order valence-electron chi connectivity index (χ3n) is 4.35. The Hall–Kier alpha value is -0.200. The van der Waals surface area contributed by atoms with Gasteiger partial charge in [0.05, 0.1) is 6.61 Å². The molecule has 0 aromatic rings. The second-order valence-corrected chi connectivity index (χ2v) is 6.45.